The average Bonchev–Trinajstić information content (AvgIpc) is 2.46. The van der Waals surface area contributed by atoms with E-state index in [1.807, 2.05) is 19.9 Å². The third-order valence-corrected chi connectivity index (χ3v) is 2.57. The van der Waals surface area contributed by atoms with Crippen molar-refractivity contribution < 1.29 is 14.3 Å². The van der Waals surface area contributed by atoms with Crippen molar-refractivity contribution in [2.45, 2.75) is 26.7 Å². The number of hydrogen-bond acceptors (Lipinski definition) is 3. The minimum absolute atomic E-state index is 0.0305. The fourth-order valence-corrected chi connectivity index (χ4v) is 1.69. The molecule has 0 aromatic heterocycles. The van der Waals surface area contributed by atoms with Crippen molar-refractivity contribution in [2.24, 2.45) is 11.8 Å². The molecule has 0 unspecified atom stereocenters. The van der Waals surface area contributed by atoms with Crippen LogP contribution in [0.4, 0.5) is 0 Å². The van der Waals surface area contributed by atoms with Crippen LogP contribution in [0, 0.1) is 11.8 Å². The van der Waals surface area contributed by atoms with E-state index in [-0.39, 0.29) is 24.3 Å². The van der Waals surface area contributed by atoms with Crippen molar-refractivity contribution in [3.63, 3.8) is 0 Å². The molecule has 3 heteroatoms. The molecule has 0 amide bonds. The van der Waals surface area contributed by atoms with Gasteiger partial charge < -0.3 is 4.74 Å². The minimum atomic E-state index is -0.514. The highest BCUT2D eigenvalue weighted by Gasteiger charge is 2.38. The van der Waals surface area contributed by atoms with Gasteiger partial charge in [0, 0.05) is 6.42 Å². The van der Waals surface area contributed by atoms with E-state index in [9.17, 15) is 9.59 Å². The lowest BCUT2D eigenvalue weighted by Gasteiger charge is -2.11. The fourth-order valence-electron chi connectivity index (χ4n) is 1.69. The molecule has 0 aromatic rings. The van der Waals surface area contributed by atoms with E-state index < -0.39 is 5.92 Å². The maximum absolute atomic E-state index is 11.5. The Morgan fingerprint density at radius 2 is 2.36 bits per heavy atom. The smallest absolute Gasteiger partial charge is 0.317 e. The second kappa shape index (κ2) is 4.94. The van der Waals surface area contributed by atoms with Crippen molar-refractivity contribution in [1.82, 2.24) is 0 Å². The van der Waals surface area contributed by atoms with Gasteiger partial charge in [-0.15, -0.1) is 0 Å². The number of carbonyl (C=O) groups excluding carboxylic acids is 2. The first-order chi connectivity index (χ1) is 6.66. The molecule has 0 heterocycles. The maximum Gasteiger partial charge on any atom is 0.317 e. The van der Waals surface area contributed by atoms with Crippen molar-refractivity contribution in [1.29, 1.82) is 0 Å². The molecule has 0 spiro atoms. The van der Waals surface area contributed by atoms with Gasteiger partial charge in [-0.2, -0.15) is 0 Å². The summed E-state index contributed by atoms with van der Waals surface area (Å²) in [5.41, 5.74) is 0. The molecule has 0 aliphatic heterocycles. The highest BCUT2D eigenvalue weighted by atomic mass is 16.5. The maximum atomic E-state index is 11.5. The van der Waals surface area contributed by atoms with Gasteiger partial charge in [-0.05, 0) is 19.3 Å². The van der Waals surface area contributed by atoms with Crippen LogP contribution in [0.5, 0.6) is 0 Å². The third-order valence-electron chi connectivity index (χ3n) is 2.57. The first kappa shape index (κ1) is 11.0. The van der Waals surface area contributed by atoms with Crippen LogP contribution in [0.3, 0.4) is 0 Å². The van der Waals surface area contributed by atoms with E-state index in [2.05, 4.69) is 0 Å². The molecule has 1 aliphatic rings. The van der Waals surface area contributed by atoms with Crippen LogP contribution in [0.2, 0.25) is 0 Å². The van der Waals surface area contributed by atoms with E-state index in [1.165, 1.54) is 0 Å². The number of hydrogen-bond donors (Lipinski definition) is 0. The summed E-state index contributed by atoms with van der Waals surface area (Å²) in [5.74, 6) is -0.707. The van der Waals surface area contributed by atoms with Gasteiger partial charge in [0.05, 0.1) is 0 Å². The van der Waals surface area contributed by atoms with Crippen LogP contribution in [0.25, 0.3) is 0 Å². The summed E-state index contributed by atoms with van der Waals surface area (Å²) in [6.07, 6.45) is 4.89. The van der Waals surface area contributed by atoms with E-state index in [1.54, 1.807) is 6.08 Å². The Kier molecular flexibility index (Phi) is 3.86. The Bertz CT molecular complexity index is 255. The molecule has 3 nitrogen and oxygen atoms in total. The van der Waals surface area contributed by atoms with Crippen LogP contribution in [-0.2, 0) is 14.3 Å². The topological polar surface area (TPSA) is 43.4 Å². The minimum Gasteiger partial charge on any atom is -0.461 e. The van der Waals surface area contributed by atoms with Gasteiger partial charge in [-0.3, -0.25) is 9.59 Å². The molecular weight excluding hydrogens is 180 g/mol. The highest BCUT2D eigenvalue weighted by Crippen LogP contribution is 2.28. The number of Topliss-reactive ketones (excluding diaryl/α,β-unsaturated/α-hetero) is 1. The normalized spacial score (nSPS) is 27.1. The Morgan fingerprint density at radius 1 is 1.64 bits per heavy atom. The van der Waals surface area contributed by atoms with Gasteiger partial charge in [0.1, 0.15) is 18.3 Å². The number of esters is 1. The van der Waals surface area contributed by atoms with E-state index in [0.29, 0.717) is 6.42 Å². The molecule has 1 saturated carbocycles. The summed E-state index contributed by atoms with van der Waals surface area (Å²) in [5, 5.41) is 0. The molecular formula is C11H16O3. The molecule has 0 bridgehead atoms. The monoisotopic (exact) mass is 196 g/mol. The summed E-state index contributed by atoms with van der Waals surface area (Å²) in [7, 11) is 0. The number of ketones is 1. The Balaban J connectivity index is 2.47. The third kappa shape index (κ3) is 2.44. The van der Waals surface area contributed by atoms with Gasteiger partial charge in [0.15, 0.2) is 0 Å². The summed E-state index contributed by atoms with van der Waals surface area (Å²) >= 11 is 0. The van der Waals surface area contributed by atoms with Gasteiger partial charge in [-0.25, -0.2) is 0 Å². The second-order valence-corrected chi connectivity index (χ2v) is 3.66. The summed E-state index contributed by atoms with van der Waals surface area (Å²) in [6.45, 7) is 4.05. The lowest BCUT2D eigenvalue weighted by molar-refractivity contribution is -0.151. The quantitative estimate of drug-likeness (QED) is 0.392. The fraction of sp³-hybridized carbons (Fsp3) is 0.636. The molecule has 0 aromatic carbocycles. The second-order valence-electron chi connectivity index (χ2n) is 3.66. The number of allylic oxidation sites excluding steroid dienone is 1. The van der Waals surface area contributed by atoms with E-state index in [4.69, 9.17) is 4.74 Å². The Morgan fingerprint density at radius 3 is 2.86 bits per heavy atom. The lowest BCUT2D eigenvalue weighted by atomic mass is 9.98. The van der Waals surface area contributed by atoms with Crippen LogP contribution in [-0.4, -0.2) is 18.4 Å². The van der Waals surface area contributed by atoms with Crippen LogP contribution < -0.4 is 0 Å². The van der Waals surface area contributed by atoms with E-state index in [0.717, 1.165) is 6.42 Å². The molecule has 14 heavy (non-hydrogen) atoms. The Labute approximate surface area is 84.1 Å². The van der Waals surface area contributed by atoms with Gasteiger partial charge >= 0.3 is 5.97 Å². The molecule has 78 valence electrons. The summed E-state index contributed by atoms with van der Waals surface area (Å²) < 4.78 is 4.96. The van der Waals surface area contributed by atoms with Crippen molar-refractivity contribution in [3.8, 4) is 0 Å². The zero-order valence-corrected chi connectivity index (χ0v) is 8.66. The Hall–Kier alpha value is -1.12. The van der Waals surface area contributed by atoms with Gasteiger partial charge in [0.2, 0.25) is 0 Å². The number of carbonyl (C=O) groups is 2. The molecule has 1 fully saturated rings. The largest absolute Gasteiger partial charge is 0.461 e. The summed E-state index contributed by atoms with van der Waals surface area (Å²) in [4.78, 5) is 22.8. The standard InChI is InChI=1S/C11H16O3/c1-3-4-7-14-11(13)10-8(2)5-6-9(10)12/h3-4,8,10H,5-7H2,1-2H3/b4-3-/t8-,10+/m1/s1. The van der Waals surface area contributed by atoms with Crippen LogP contribution in [0.1, 0.15) is 26.7 Å². The van der Waals surface area contributed by atoms with Gasteiger partial charge in [-0.1, -0.05) is 19.1 Å². The zero-order chi connectivity index (χ0) is 10.6. The van der Waals surface area contributed by atoms with Crippen molar-refractivity contribution in [3.05, 3.63) is 12.2 Å². The van der Waals surface area contributed by atoms with E-state index >= 15 is 0 Å². The molecule has 2 atom stereocenters. The molecule has 0 saturated heterocycles. The zero-order valence-electron chi connectivity index (χ0n) is 8.66. The molecule has 1 rings (SSSR count). The molecule has 0 N–H and O–H groups in total. The SMILES string of the molecule is C/C=C\COC(=O)[C@@H]1C(=O)CC[C@H]1C. The lowest BCUT2D eigenvalue weighted by Crippen LogP contribution is -2.25. The van der Waals surface area contributed by atoms with Crippen LogP contribution in [0.15, 0.2) is 12.2 Å². The molecule has 1 aliphatic carbocycles. The molecule has 0 radical (unpaired) electrons. The number of ether oxygens (including phenoxy) is 1. The van der Waals surface area contributed by atoms with Crippen LogP contribution >= 0.6 is 0 Å². The average molecular weight is 196 g/mol. The first-order valence-electron chi connectivity index (χ1n) is 4.97. The number of rotatable bonds is 3. The summed E-state index contributed by atoms with van der Waals surface area (Å²) in [6, 6.07) is 0. The predicted octanol–water partition coefficient (Wildman–Crippen LogP) is 1.72. The highest BCUT2D eigenvalue weighted by molar-refractivity contribution is 6.00. The van der Waals surface area contributed by atoms with Gasteiger partial charge in [0.25, 0.3) is 0 Å². The van der Waals surface area contributed by atoms with Crippen molar-refractivity contribution >= 4 is 11.8 Å². The van der Waals surface area contributed by atoms with Crippen molar-refractivity contribution in [2.75, 3.05) is 6.61 Å². The predicted molar refractivity (Wildman–Crippen MR) is 52.7 cm³/mol. The first-order valence-corrected chi connectivity index (χ1v) is 4.97.